The molecule has 0 saturated heterocycles. The van der Waals surface area contributed by atoms with Gasteiger partial charge in [-0.1, -0.05) is 12.1 Å². The largest absolute Gasteiger partial charge is 0.494 e. The molecule has 0 spiro atoms. The maximum Gasteiger partial charge on any atom is 0.251 e. The number of methoxy groups -OCH3 is 1. The summed E-state index contributed by atoms with van der Waals surface area (Å²) in [6, 6.07) is 7.30. The summed E-state index contributed by atoms with van der Waals surface area (Å²) >= 11 is 1.12. The Morgan fingerprint density at radius 1 is 1.33 bits per heavy atom. The normalized spacial score (nSPS) is 11.9. The molecular formula is C9H9NO3S2. The summed E-state index contributed by atoms with van der Waals surface area (Å²) in [5, 5.41) is 5.87. The average molecular weight is 243 g/mol. The summed E-state index contributed by atoms with van der Waals surface area (Å²) in [6.07, 6.45) is 0. The summed E-state index contributed by atoms with van der Waals surface area (Å²) in [7, 11) is -2.28. The molecule has 4 nitrogen and oxygen atoms in total. The van der Waals surface area contributed by atoms with E-state index < -0.39 is 10.0 Å². The van der Waals surface area contributed by atoms with Crippen molar-refractivity contribution in [3.8, 4) is 5.75 Å². The van der Waals surface area contributed by atoms with Gasteiger partial charge in [0, 0.05) is 10.1 Å². The van der Waals surface area contributed by atoms with Crippen molar-refractivity contribution >= 4 is 31.4 Å². The Bertz CT molecular complexity index is 601. The summed E-state index contributed by atoms with van der Waals surface area (Å²) in [4.78, 5) is 0. The summed E-state index contributed by atoms with van der Waals surface area (Å²) in [5.74, 6) is 0.332. The van der Waals surface area contributed by atoms with Crippen LogP contribution in [0.4, 0.5) is 0 Å². The lowest BCUT2D eigenvalue weighted by atomic mass is 10.2. The van der Waals surface area contributed by atoms with Gasteiger partial charge in [0.05, 0.1) is 7.11 Å². The Morgan fingerprint density at radius 3 is 2.60 bits per heavy atom. The standard InChI is InChI=1S/C9H9NO3S2/c1-13-8-6-4-2-3-5-7(6)14-9(8)15(10,11)12/h2-5H,1H3,(H2,10,11,12). The number of nitrogens with two attached hydrogens (primary N) is 1. The van der Waals surface area contributed by atoms with Gasteiger partial charge in [0.15, 0.2) is 9.96 Å². The van der Waals surface area contributed by atoms with E-state index in [2.05, 4.69) is 0 Å². The molecule has 0 fully saturated rings. The molecule has 80 valence electrons. The molecular weight excluding hydrogens is 234 g/mol. The van der Waals surface area contributed by atoms with Crippen LogP contribution < -0.4 is 9.88 Å². The summed E-state index contributed by atoms with van der Waals surface area (Å²) < 4.78 is 28.6. The van der Waals surface area contributed by atoms with Crippen molar-refractivity contribution in [2.24, 2.45) is 5.14 Å². The van der Waals surface area contributed by atoms with Gasteiger partial charge in [-0.15, -0.1) is 11.3 Å². The van der Waals surface area contributed by atoms with E-state index >= 15 is 0 Å². The number of hydrogen-bond acceptors (Lipinski definition) is 4. The monoisotopic (exact) mass is 243 g/mol. The first kappa shape index (κ1) is 10.4. The molecule has 0 bridgehead atoms. The van der Waals surface area contributed by atoms with Gasteiger partial charge < -0.3 is 4.74 Å². The minimum atomic E-state index is -3.71. The number of primary sulfonamides is 1. The second-order valence-electron chi connectivity index (χ2n) is 2.96. The zero-order valence-electron chi connectivity index (χ0n) is 7.93. The van der Waals surface area contributed by atoms with Crippen molar-refractivity contribution in [2.75, 3.05) is 7.11 Å². The minimum Gasteiger partial charge on any atom is -0.494 e. The Kier molecular flexibility index (Phi) is 2.41. The zero-order valence-corrected chi connectivity index (χ0v) is 9.56. The third kappa shape index (κ3) is 1.71. The highest BCUT2D eigenvalue weighted by molar-refractivity contribution is 7.91. The van der Waals surface area contributed by atoms with Crippen LogP contribution in [0.1, 0.15) is 0 Å². The van der Waals surface area contributed by atoms with E-state index in [0.717, 1.165) is 21.4 Å². The van der Waals surface area contributed by atoms with E-state index in [1.807, 2.05) is 18.2 Å². The maximum atomic E-state index is 11.3. The fraction of sp³-hybridized carbons (Fsp3) is 0.111. The SMILES string of the molecule is COc1c(S(N)(=O)=O)sc2ccccc12. The van der Waals surface area contributed by atoms with Gasteiger partial charge in [-0.3, -0.25) is 0 Å². The van der Waals surface area contributed by atoms with Crippen molar-refractivity contribution in [3.63, 3.8) is 0 Å². The van der Waals surface area contributed by atoms with Crippen molar-refractivity contribution < 1.29 is 13.2 Å². The molecule has 0 amide bonds. The van der Waals surface area contributed by atoms with Crippen LogP contribution >= 0.6 is 11.3 Å². The van der Waals surface area contributed by atoms with E-state index in [1.165, 1.54) is 7.11 Å². The lowest BCUT2D eigenvalue weighted by molar-refractivity contribution is 0.411. The first-order chi connectivity index (χ1) is 7.04. The smallest absolute Gasteiger partial charge is 0.251 e. The molecule has 1 heterocycles. The van der Waals surface area contributed by atoms with Crippen LogP contribution in [0.2, 0.25) is 0 Å². The highest BCUT2D eigenvalue weighted by Crippen LogP contribution is 2.39. The molecule has 0 radical (unpaired) electrons. The van der Waals surface area contributed by atoms with Crippen LogP contribution in [-0.2, 0) is 10.0 Å². The first-order valence-electron chi connectivity index (χ1n) is 4.12. The molecule has 0 aliphatic rings. The van der Waals surface area contributed by atoms with Gasteiger partial charge in [-0.05, 0) is 12.1 Å². The number of thiophene rings is 1. The number of hydrogen-bond donors (Lipinski definition) is 1. The molecule has 0 unspecified atom stereocenters. The van der Waals surface area contributed by atoms with Crippen LogP contribution in [0.15, 0.2) is 28.5 Å². The van der Waals surface area contributed by atoms with Crippen LogP contribution in [0.5, 0.6) is 5.75 Å². The number of benzene rings is 1. The van der Waals surface area contributed by atoms with Crippen LogP contribution in [0, 0.1) is 0 Å². The van der Waals surface area contributed by atoms with Gasteiger partial charge in [0.25, 0.3) is 10.0 Å². The number of fused-ring (bicyclic) bond motifs is 1. The summed E-state index contributed by atoms with van der Waals surface area (Å²) in [6.45, 7) is 0. The van der Waals surface area contributed by atoms with E-state index in [-0.39, 0.29) is 4.21 Å². The lowest BCUT2D eigenvalue weighted by Crippen LogP contribution is -2.11. The molecule has 1 aromatic heterocycles. The fourth-order valence-corrected chi connectivity index (χ4v) is 3.47. The molecule has 15 heavy (non-hydrogen) atoms. The summed E-state index contributed by atoms with van der Waals surface area (Å²) in [5.41, 5.74) is 0. The maximum absolute atomic E-state index is 11.3. The predicted molar refractivity (Wildman–Crippen MR) is 59.8 cm³/mol. The second kappa shape index (κ2) is 3.48. The highest BCUT2D eigenvalue weighted by Gasteiger charge is 2.20. The van der Waals surface area contributed by atoms with E-state index in [9.17, 15) is 8.42 Å². The van der Waals surface area contributed by atoms with Gasteiger partial charge in [0.1, 0.15) is 0 Å². The Hall–Kier alpha value is -1.11. The first-order valence-corrected chi connectivity index (χ1v) is 6.48. The topological polar surface area (TPSA) is 69.4 Å². The number of sulfonamides is 1. The van der Waals surface area contributed by atoms with Crippen LogP contribution in [-0.4, -0.2) is 15.5 Å². The van der Waals surface area contributed by atoms with Crippen molar-refractivity contribution in [1.82, 2.24) is 0 Å². The molecule has 1 aromatic carbocycles. The number of ether oxygens (including phenoxy) is 1. The predicted octanol–water partition coefficient (Wildman–Crippen LogP) is 1.56. The Morgan fingerprint density at radius 2 is 2.00 bits per heavy atom. The molecule has 2 N–H and O–H groups in total. The Balaban J connectivity index is 2.87. The zero-order chi connectivity index (χ0) is 11.1. The molecule has 0 atom stereocenters. The lowest BCUT2D eigenvalue weighted by Gasteiger charge is -1.99. The molecule has 0 aliphatic heterocycles. The van der Waals surface area contributed by atoms with Gasteiger partial charge in [-0.25, -0.2) is 13.6 Å². The van der Waals surface area contributed by atoms with Crippen LogP contribution in [0.3, 0.4) is 0 Å². The van der Waals surface area contributed by atoms with Crippen molar-refractivity contribution in [2.45, 2.75) is 4.21 Å². The Labute approximate surface area is 91.3 Å². The average Bonchev–Trinajstić information content (AvgIpc) is 2.55. The van der Waals surface area contributed by atoms with Gasteiger partial charge >= 0.3 is 0 Å². The molecule has 0 aliphatic carbocycles. The second-order valence-corrected chi connectivity index (χ2v) is 5.77. The van der Waals surface area contributed by atoms with Gasteiger partial charge in [-0.2, -0.15) is 0 Å². The highest BCUT2D eigenvalue weighted by atomic mass is 32.2. The minimum absolute atomic E-state index is 0.0752. The fourth-order valence-electron chi connectivity index (χ4n) is 1.38. The number of rotatable bonds is 2. The molecule has 0 saturated carbocycles. The third-order valence-electron chi connectivity index (χ3n) is 1.98. The van der Waals surface area contributed by atoms with Crippen molar-refractivity contribution in [1.29, 1.82) is 0 Å². The van der Waals surface area contributed by atoms with Gasteiger partial charge in [0.2, 0.25) is 0 Å². The van der Waals surface area contributed by atoms with E-state index in [0.29, 0.717) is 5.75 Å². The van der Waals surface area contributed by atoms with Crippen LogP contribution in [0.25, 0.3) is 10.1 Å². The molecule has 6 heteroatoms. The van der Waals surface area contributed by atoms with E-state index in [4.69, 9.17) is 9.88 Å². The van der Waals surface area contributed by atoms with E-state index in [1.54, 1.807) is 6.07 Å². The quantitative estimate of drug-likeness (QED) is 0.870. The third-order valence-corrected chi connectivity index (χ3v) is 4.58. The molecule has 2 rings (SSSR count). The molecule has 2 aromatic rings. The van der Waals surface area contributed by atoms with Crippen molar-refractivity contribution in [3.05, 3.63) is 24.3 Å².